The Kier molecular flexibility index (Phi) is 15.0. The van der Waals surface area contributed by atoms with Gasteiger partial charge in [0.25, 0.3) is 0 Å². The van der Waals surface area contributed by atoms with Crippen molar-refractivity contribution in [1.82, 2.24) is 9.97 Å². The second-order valence-electron chi connectivity index (χ2n) is 9.21. The van der Waals surface area contributed by atoms with Crippen LogP contribution in [-0.2, 0) is 6.42 Å². The molecule has 33 heavy (non-hydrogen) atoms. The Balaban J connectivity index is 1.58. The first-order valence-electron chi connectivity index (χ1n) is 13.5. The molecule has 0 aliphatic heterocycles. The number of ether oxygens (including phenoxy) is 1. The number of nitrogens with zero attached hydrogens (tertiary/aromatic N) is 2. The lowest BCUT2D eigenvalue weighted by atomic mass is 10.1. The van der Waals surface area contributed by atoms with Gasteiger partial charge >= 0.3 is 0 Å². The Morgan fingerprint density at radius 2 is 1.30 bits per heavy atom. The molecule has 1 aromatic heterocycles. The summed E-state index contributed by atoms with van der Waals surface area (Å²) >= 11 is 0. The van der Waals surface area contributed by atoms with Crippen molar-refractivity contribution >= 4 is 0 Å². The van der Waals surface area contributed by atoms with Gasteiger partial charge in [-0.25, -0.2) is 9.97 Å². The SMILES string of the molecule is C=CCCCCCCCCCOc1ccc(-c2ncc(CCCCCCCCC)cn2)cc1. The maximum absolute atomic E-state index is 5.91. The van der Waals surface area contributed by atoms with Crippen LogP contribution in [0.2, 0.25) is 0 Å². The molecule has 182 valence electrons. The Hall–Kier alpha value is -2.16. The van der Waals surface area contributed by atoms with Gasteiger partial charge in [0, 0.05) is 18.0 Å². The van der Waals surface area contributed by atoms with Crippen LogP contribution in [0.1, 0.15) is 109 Å². The van der Waals surface area contributed by atoms with Gasteiger partial charge in [0.15, 0.2) is 5.82 Å². The van der Waals surface area contributed by atoms with Gasteiger partial charge in [0.05, 0.1) is 6.61 Å². The van der Waals surface area contributed by atoms with Crippen molar-refractivity contribution in [2.45, 2.75) is 110 Å². The van der Waals surface area contributed by atoms with Crippen LogP contribution in [0.4, 0.5) is 0 Å². The van der Waals surface area contributed by atoms with Crippen molar-refractivity contribution in [2.75, 3.05) is 6.61 Å². The van der Waals surface area contributed by atoms with E-state index in [9.17, 15) is 0 Å². The van der Waals surface area contributed by atoms with E-state index < -0.39 is 0 Å². The van der Waals surface area contributed by atoms with Crippen LogP contribution < -0.4 is 4.74 Å². The van der Waals surface area contributed by atoms with E-state index in [0.29, 0.717) is 0 Å². The standard InChI is InChI=1S/C30H46N2O/c1-3-5-7-9-11-12-14-16-18-24-33-29-22-20-28(21-23-29)30-31-25-27(26-32-30)19-17-15-13-10-8-6-4-2/h3,20-23,25-26H,1,4-19,24H2,2H3. The van der Waals surface area contributed by atoms with Crippen LogP contribution >= 0.6 is 0 Å². The third-order valence-electron chi connectivity index (χ3n) is 6.21. The quantitative estimate of drug-likeness (QED) is 0.149. The molecule has 2 rings (SSSR count). The molecule has 0 radical (unpaired) electrons. The highest BCUT2D eigenvalue weighted by atomic mass is 16.5. The first-order valence-corrected chi connectivity index (χ1v) is 13.5. The Morgan fingerprint density at radius 3 is 1.94 bits per heavy atom. The van der Waals surface area contributed by atoms with E-state index in [1.54, 1.807) is 0 Å². The van der Waals surface area contributed by atoms with E-state index in [4.69, 9.17) is 4.74 Å². The Labute approximate surface area is 203 Å². The molecule has 2 aromatic rings. The number of rotatable bonds is 20. The maximum Gasteiger partial charge on any atom is 0.159 e. The third kappa shape index (κ3) is 12.6. The smallest absolute Gasteiger partial charge is 0.159 e. The average Bonchev–Trinajstić information content (AvgIpc) is 2.85. The monoisotopic (exact) mass is 450 g/mol. The van der Waals surface area contributed by atoms with E-state index in [-0.39, 0.29) is 0 Å². The average molecular weight is 451 g/mol. The summed E-state index contributed by atoms with van der Waals surface area (Å²) in [5.74, 6) is 1.72. The molecule has 0 fully saturated rings. The molecular formula is C30H46N2O. The summed E-state index contributed by atoms with van der Waals surface area (Å²) in [4.78, 5) is 9.18. The lowest BCUT2D eigenvalue weighted by Gasteiger charge is -2.07. The van der Waals surface area contributed by atoms with Crippen LogP contribution in [-0.4, -0.2) is 16.6 Å². The van der Waals surface area contributed by atoms with Crippen molar-refractivity contribution in [1.29, 1.82) is 0 Å². The number of benzene rings is 1. The Bertz CT molecular complexity index is 724. The van der Waals surface area contributed by atoms with Crippen LogP contribution in [0, 0.1) is 0 Å². The molecule has 1 aromatic carbocycles. The second-order valence-corrected chi connectivity index (χ2v) is 9.21. The van der Waals surface area contributed by atoms with Crippen molar-refractivity contribution in [2.24, 2.45) is 0 Å². The van der Waals surface area contributed by atoms with E-state index in [1.165, 1.54) is 89.0 Å². The molecule has 0 amide bonds. The van der Waals surface area contributed by atoms with Gasteiger partial charge in [-0.1, -0.05) is 83.6 Å². The summed E-state index contributed by atoms with van der Waals surface area (Å²) in [6.07, 6.45) is 26.6. The molecule has 0 bridgehead atoms. The lowest BCUT2D eigenvalue weighted by Crippen LogP contribution is -1.97. The zero-order valence-corrected chi connectivity index (χ0v) is 21.1. The van der Waals surface area contributed by atoms with E-state index in [0.717, 1.165) is 43.0 Å². The van der Waals surface area contributed by atoms with Crippen LogP contribution in [0.3, 0.4) is 0 Å². The second kappa shape index (κ2) is 18.3. The highest BCUT2D eigenvalue weighted by molar-refractivity contribution is 5.55. The van der Waals surface area contributed by atoms with Gasteiger partial charge < -0.3 is 4.74 Å². The zero-order chi connectivity index (χ0) is 23.4. The molecule has 0 atom stereocenters. The molecule has 0 aliphatic rings. The summed E-state index contributed by atoms with van der Waals surface area (Å²) in [5.41, 5.74) is 2.28. The molecule has 3 nitrogen and oxygen atoms in total. The summed E-state index contributed by atoms with van der Waals surface area (Å²) in [7, 11) is 0. The van der Waals surface area contributed by atoms with Crippen LogP contribution in [0.15, 0.2) is 49.3 Å². The highest BCUT2D eigenvalue weighted by Crippen LogP contribution is 2.20. The summed E-state index contributed by atoms with van der Waals surface area (Å²) in [6, 6.07) is 8.18. The molecular weight excluding hydrogens is 404 g/mol. The number of aryl methyl sites for hydroxylation is 1. The van der Waals surface area contributed by atoms with Gasteiger partial charge in [0.2, 0.25) is 0 Å². The first-order chi connectivity index (χ1) is 16.3. The summed E-state index contributed by atoms with van der Waals surface area (Å²) in [6.45, 7) is 6.83. The fraction of sp³-hybridized carbons (Fsp3) is 0.600. The molecule has 0 unspecified atom stereocenters. The third-order valence-corrected chi connectivity index (χ3v) is 6.21. The topological polar surface area (TPSA) is 35.0 Å². The predicted molar refractivity (Wildman–Crippen MR) is 142 cm³/mol. The van der Waals surface area contributed by atoms with Crippen molar-refractivity contribution in [3.05, 3.63) is 54.9 Å². The predicted octanol–water partition coefficient (Wildman–Crippen LogP) is 9.12. The van der Waals surface area contributed by atoms with Crippen molar-refractivity contribution in [3.63, 3.8) is 0 Å². The normalized spacial score (nSPS) is 10.9. The number of unbranched alkanes of at least 4 members (excludes halogenated alkanes) is 13. The van der Waals surface area contributed by atoms with Gasteiger partial charge in [-0.2, -0.15) is 0 Å². The van der Waals surface area contributed by atoms with Gasteiger partial charge in [-0.05, 0) is 61.9 Å². The summed E-state index contributed by atoms with van der Waals surface area (Å²) in [5, 5.41) is 0. The Morgan fingerprint density at radius 1 is 0.727 bits per heavy atom. The highest BCUT2D eigenvalue weighted by Gasteiger charge is 2.03. The number of aromatic nitrogens is 2. The van der Waals surface area contributed by atoms with Gasteiger partial charge in [0.1, 0.15) is 5.75 Å². The molecule has 0 spiro atoms. The van der Waals surface area contributed by atoms with E-state index in [1.807, 2.05) is 30.6 Å². The van der Waals surface area contributed by atoms with Crippen LogP contribution in [0.25, 0.3) is 11.4 Å². The fourth-order valence-electron chi connectivity index (χ4n) is 4.08. The zero-order valence-electron chi connectivity index (χ0n) is 21.1. The first kappa shape index (κ1) is 27.1. The molecule has 0 saturated carbocycles. The van der Waals surface area contributed by atoms with Crippen LogP contribution in [0.5, 0.6) is 5.75 Å². The van der Waals surface area contributed by atoms with Crippen molar-refractivity contribution < 1.29 is 4.74 Å². The number of hydrogen-bond donors (Lipinski definition) is 0. The van der Waals surface area contributed by atoms with Gasteiger partial charge in [-0.15, -0.1) is 6.58 Å². The minimum Gasteiger partial charge on any atom is -0.494 e. The van der Waals surface area contributed by atoms with E-state index in [2.05, 4.69) is 35.6 Å². The largest absolute Gasteiger partial charge is 0.494 e. The van der Waals surface area contributed by atoms with Gasteiger partial charge in [-0.3, -0.25) is 0 Å². The van der Waals surface area contributed by atoms with Crippen molar-refractivity contribution in [3.8, 4) is 17.1 Å². The van der Waals surface area contributed by atoms with E-state index >= 15 is 0 Å². The molecule has 0 N–H and O–H groups in total. The number of allylic oxidation sites excluding steroid dienone is 1. The maximum atomic E-state index is 5.91. The minimum absolute atomic E-state index is 0.790. The fourth-order valence-corrected chi connectivity index (χ4v) is 4.08. The molecule has 0 saturated heterocycles. The summed E-state index contributed by atoms with van der Waals surface area (Å²) < 4.78 is 5.91. The lowest BCUT2D eigenvalue weighted by molar-refractivity contribution is 0.304. The minimum atomic E-state index is 0.790. The molecule has 3 heteroatoms. The molecule has 0 aliphatic carbocycles. The number of hydrogen-bond acceptors (Lipinski definition) is 3. The molecule has 1 heterocycles.